The van der Waals surface area contributed by atoms with Gasteiger partial charge in [0.15, 0.2) is 0 Å². The maximum Gasteiger partial charge on any atom is 0.345 e. The minimum absolute atomic E-state index is 0.0143. The van der Waals surface area contributed by atoms with E-state index in [9.17, 15) is 13.2 Å². The fourth-order valence-electron chi connectivity index (χ4n) is 2.14. The number of carbonyl (C=O) groups excluding carboxylic acids is 1. The first kappa shape index (κ1) is 19.5. The number of sulfonamides is 1. The molecule has 0 amide bonds. The smallest absolute Gasteiger partial charge is 0.345 e. The van der Waals surface area contributed by atoms with E-state index in [0.717, 1.165) is 0 Å². The van der Waals surface area contributed by atoms with Crippen LogP contribution in [0, 0.1) is 0 Å². The quantitative estimate of drug-likeness (QED) is 0.545. The second kappa shape index (κ2) is 8.54. The Bertz CT molecular complexity index is 841. The lowest BCUT2D eigenvalue weighted by Crippen LogP contribution is -2.14. The van der Waals surface area contributed by atoms with Gasteiger partial charge in [-0.05, 0) is 36.4 Å². The van der Waals surface area contributed by atoms with Crippen LogP contribution in [0.2, 0.25) is 0 Å². The van der Waals surface area contributed by atoms with Crippen LogP contribution in [-0.4, -0.2) is 41.8 Å². The van der Waals surface area contributed by atoms with Crippen LogP contribution in [0.3, 0.4) is 0 Å². The largest absolute Gasteiger partial charge is 0.496 e. The molecule has 8 nitrogen and oxygen atoms in total. The molecule has 0 aromatic heterocycles. The topological polar surface area (TPSA) is 114 Å². The van der Waals surface area contributed by atoms with E-state index >= 15 is 0 Å². The van der Waals surface area contributed by atoms with Crippen molar-refractivity contribution < 1.29 is 32.2 Å². The molecule has 26 heavy (non-hydrogen) atoms. The summed E-state index contributed by atoms with van der Waals surface area (Å²) in [5.41, 5.74) is 0.190. The van der Waals surface area contributed by atoms with Gasteiger partial charge in [-0.1, -0.05) is 6.07 Å². The molecule has 0 heterocycles. The zero-order valence-corrected chi connectivity index (χ0v) is 15.1. The lowest BCUT2D eigenvalue weighted by molar-refractivity contribution is 0.0443. The van der Waals surface area contributed by atoms with Gasteiger partial charge in [0.25, 0.3) is 0 Å². The summed E-state index contributed by atoms with van der Waals surface area (Å²) in [6.07, 6.45) is 0. The summed E-state index contributed by atoms with van der Waals surface area (Å²) in [4.78, 5) is 12.2. The fraction of sp³-hybridized carbons (Fsp3) is 0.235. The Labute approximate surface area is 151 Å². The first-order valence-electron chi connectivity index (χ1n) is 7.50. The number of ether oxygens (including phenoxy) is 4. The zero-order chi connectivity index (χ0) is 19.2. The number of primary sulfonamides is 1. The van der Waals surface area contributed by atoms with Crippen LogP contribution in [0.1, 0.15) is 10.4 Å². The number of rotatable bonds is 8. The molecule has 0 unspecified atom stereocenters. The molecule has 0 saturated carbocycles. The molecule has 2 aromatic rings. The molecule has 140 valence electrons. The van der Waals surface area contributed by atoms with Gasteiger partial charge in [-0.15, -0.1) is 0 Å². The monoisotopic (exact) mass is 381 g/mol. The van der Waals surface area contributed by atoms with E-state index in [1.54, 1.807) is 18.2 Å². The number of carbonyl (C=O) groups is 1. The van der Waals surface area contributed by atoms with Crippen molar-refractivity contribution in [3.63, 3.8) is 0 Å². The van der Waals surface area contributed by atoms with E-state index in [-0.39, 0.29) is 23.7 Å². The van der Waals surface area contributed by atoms with Gasteiger partial charge in [-0.3, -0.25) is 0 Å². The van der Waals surface area contributed by atoms with E-state index < -0.39 is 16.0 Å². The van der Waals surface area contributed by atoms with Crippen LogP contribution in [0.5, 0.6) is 17.2 Å². The predicted molar refractivity (Wildman–Crippen MR) is 93.1 cm³/mol. The van der Waals surface area contributed by atoms with Gasteiger partial charge in [-0.2, -0.15) is 0 Å². The molecule has 2 N–H and O–H groups in total. The van der Waals surface area contributed by atoms with Gasteiger partial charge in [0.2, 0.25) is 10.0 Å². The summed E-state index contributed by atoms with van der Waals surface area (Å²) in [5, 5.41) is 5.02. The molecule has 0 radical (unpaired) electrons. The molecule has 0 aliphatic rings. The molecule has 2 rings (SSSR count). The highest BCUT2D eigenvalue weighted by molar-refractivity contribution is 7.89. The molecular formula is C17H19NO7S. The van der Waals surface area contributed by atoms with Gasteiger partial charge in [-0.25, -0.2) is 18.4 Å². The third kappa shape index (κ3) is 4.87. The van der Waals surface area contributed by atoms with Crippen LogP contribution in [0.4, 0.5) is 0 Å². The molecule has 9 heteroatoms. The maximum absolute atomic E-state index is 12.3. The third-order valence-corrected chi connectivity index (χ3v) is 4.30. The van der Waals surface area contributed by atoms with E-state index in [2.05, 4.69) is 0 Å². The number of benzene rings is 2. The number of esters is 1. The minimum atomic E-state index is -3.75. The molecule has 0 aliphatic heterocycles. The molecular weight excluding hydrogens is 362 g/mol. The minimum Gasteiger partial charge on any atom is -0.496 e. The molecule has 0 fully saturated rings. The lowest BCUT2D eigenvalue weighted by atomic mass is 10.2. The average molecular weight is 381 g/mol. The van der Waals surface area contributed by atoms with Crippen molar-refractivity contribution in [2.45, 2.75) is 4.90 Å². The number of nitrogens with two attached hydrogens (primary N) is 1. The van der Waals surface area contributed by atoms with Gasteiger partial charge >= 0.3 is 5.97 Å². The second-order valence-corrected chi connectivity index (χ2v) is 6.60. The number of hydrogen-bond acceptors (Lipinski definition) is 7. The summed E-state index contributed by atoms with van der Waals surface area (Å²) < 4.78 is 43.2. The Balaban J connectivity index is 1.91. The maximum atomic E-state index is 12.3. The molecule has 0 atom stereocenters. The SMILES string of the molecule is COc1cccc(OC)c1C(=O)OCCOc1ccc(S(N)(=O)=O)cc1. The fourth-order valence-corrected chi connectivity index (χ4v) is 2.66. The summed E-state index contributed by atoms with van der Waals surface area (Å²) in [6.45, 7) is 0.0644. The molecule has 0 saturated heterocycles. The van der Waals surface area contributed by atoms with Gasteiger partial charge in [0.1, 0.15) is 36.0 Å². The van der Waals surface area contributed by atoms with Crippen LogP contribution < -0.4 is 19.3 Å². The first-order chi connectivity index (χ1) is 12.4. The van der Waals surface area contributed by atoms with Gasteiger partial charge < -0.3 is 18.9 Å². The van der Waals surface area contributed by atoms with Crippen molar-refractivity contribution in [3.8, 4) is 17.2 Å². The first-order valence-corrected chi connectivity index (χ1v) is 9.05. The molecule has 2 aromatic carbocycles. The van der Waals surface area contributed by atoms with Crippen LogP contribution >= 0.6 is 0 Å². The van der Waals surface area contributed by atoms with Crippen LogP contribution in [0.15, 0.2) is 47.4 Å². The van der Waals surface area contributed by atoms with Gasteiger partial charge in [0.05, 0.1) is 19.1 Å². The summed E-state index contributed by atoms with van der Waals surface area (Å²) in [7, 11) is -0.860. The van der Waals surface area contributed by atoms with Crippen molar-refractivity contribution in [2.75, 3.05) is 27.4 Å². The predicted octanol–water partition coefficient (Wildman–Crippen LogP) is 1.59. The van der Waals surface area contributed by atoms with Crippen LogP contribution in [-0.2, 0) is 14.8 Å². The molecule has 0 bridgehead atoms. The standard InChI is InChI=1S/C17H19NO7S/c1-22-14-4-3-5-15(23-2)16(14)17(19)25-11-10-24-12-6-8-13(9-7-12)26(18,20)21/h3-9H,10-11H2,1-2H3,(H2,18,20,21). The molecule has 0 aliphatic carbocycles. The highest BCUT2D eigenvalue weighted by Crippen LogP contribution is 2.28. The highest BCUT2D eigenvalue weighted by Gasteiger charge is 2.19. The van der Waals surface area contributed by atoms with Crippen molar-refractivity contribution >= 4 is 16.0 Å². The van der Waals surface area contributed by atoms with Gasteiger partial charge in [0, 0.05) is 0 Å². The van der Waals surface area contributed by atoms with E-state index in [0.29, 0.717) is 17.2 Å². The second-order valence-electron chi connectivity index (χ2n) is 5.04. The van der Waals surface area contributed by atoms with Crippen molar-refractivity contribution in [1.82, 2.24) is 0 Å². The van der Waals surface area contributed by atoms with Crippen molar-refractivity contribution in [2.24, 2.45) is 5.14 Å². The van der Waals surface area contributed by atoms with E-state index in [1.807, 2.05) is 0 Å². The Morgan fingerprint density at radius 3 is 2.04 bits per heavy atom. The zero-order valence-electron chi connectivity index (χ0n) is 14.3. The summed E-state index contributed by atoms with van der Waals surface area (Å²) in [5.74, 6) is 0.499. The number of hydrogen-bond donors (Lipinski definition) is 1. The Morgan fingerprint density at radius 1 is 0.962 bits per heavy atom. The van der Waals surface area contributed by atoms with Crippen LogP contribution in [0.25, 0.3) is 0 Å². The van der Waals surface area contributed by atoms with Crippen molar-refractivity contribution in [1.29, 1.82) is 0 Å². The van der Waals surface area contributed by atoms with E-state index in [1.165, 1.54) is 38.5 Å². The number of methoxy groups -OCH3 is 2. The van der Waals surface area contributed by atoms with E-state index in [4.69, 9.17) is 24.1 Å². The average Bonchev–Trinajstić information content (AvgIpc) is 2.63. The van der Waals surface area contributed by atoms with Crippen molar-refractivity contribution in [3.05, 3.63) is 48.0 Å². The Morgan fingerprint density at radius 2 is 1.54 bits per heavy atom. The lowest BCUT2D eigenvalue weighted by Gasteiger charge is -2.12. The summed E-state index contributed by atoms with van der Waals surface area (Å²) in [6, 6.07) is 10.5. The Kier molecular flexibility index (Phi) is 6.42. The summed E-state index contributed by atoms with van der Waals surface area (Å²) >= 11 is 0. The highest BCUT2D eigenvalue weighted by atomic mass is 32.2. The normalized spacial score (nSPS) is 10.9. The third-order valence-electron chi connectivity index (χ3n) is 3.37. The Hall–Kier alpha value is -2.78. The molecule has 0 spiro atoms.